The van der Waals surface area contributed by atoms with E-state index in [4.69, 9.17) is 0 Å². The zero-order valence-corrected chi connectivity index (χ0v) is 13.3. The van der Waals surface area contributed by atoms with E-state index in [1.807, 2.05) is 42.6 Å². The van der Waals surface area contributed by atoms with E-state index in [1.165, 1.54) is 0 Å². The number of carbonyl (C=O) groups excluding carboxylic acids is 1. The van der Waals surface area contributed by atoms with Crippen LogP contribution in [0, 0.1) is 11.3 Å². The standard InChI is InChI=1S/C16H16N4OS/c1-19(2)11-3-4-12-13(9-11)14(10-17)20(16(12)21)7-5-15-18-6-8-22-15/h3-4,6,8-9,14H,5,7H2,1-2H3. The third-order valence-corrected chi connectivity index (χ3v) is 4.66. The maximum Gasteiger partial charge on any atom is 0.255 e. The molecule has 0 radical (unpaired) electrons. The normalized spacial score (nSPS) is 16.5. The summed E-state index contributed by atoms with van der Waals surface area (Å²) in [5, 5.41) is 12.4. The van der Waals surface area contributed by atoms with E-state index in [0.29, 0.717) is 18.5 Å². The van der Waals surface area contributed by atoms with E-state index in [1.54, 1.807) is 22.4 Å². The van der Waals surface area contributed by atoms with Gasteiger partial charge in [0.05, 0.1) is 11.1 Å². The Hall–Kier alpha value is -2.39. The second kappa shape index (κ2) is 5.78. The minimum Gasteiger partial charge on any atom is -0.378 e. The molecule has 6 heteroatoms. The summed E-state index contributed by atoms with van der Waals surface area (Å²) in [5.74, 6) is -0.0663. The number of aromatic nitrogens is 1. The van der Waals surface area contributed by atoms with E-state index in [-0.39, 0.29) is 5.91 Å². The number of nitriles is 1. The van der Waals surface area contributed by atoms with Crippen molar-refractivity contribution < 1.29 is 4.79 Å². The summed E-state index contributed by atoms with van der Waals surface area (Å²) in [6, 6.07) is 7.42. The second-order valence-corrected chi connectivity index (χ2v) is 6.35. The van der Waals surface area contributed by atoms with Crippen LogP contribution in [-0.4, -0.2) is 36.4 Å². The Labute approximate surface area is 133 Å². The number of carbonyl (C=O) groups is 1. The van der Waals surface area contributed by atoms with Crippen molar-refractivity contribution >= 4 is 22.9 Å². The number of rotatable bonds is 4. The molecule has 0 bridgehead atoms. The van der Waals surface area contributed by atoms with Gasteiger partial charge in [0.25, 0.3) is 5.91 Å². The molecule has 3 rings (SSSR count). The van der Waals surface area contributed by atoms with Crippen LogP contribution in [0.4, 0.5) is 5.69 Å². The number of benzene rings is 1. The molecule has 1 atom stereocenters. The summed E-state index contributed by atoms with van der Waals surface area (Å²) in [7, 11) is 3.89. The van der Waals surface area contributed by atoms with Crippen LogP contribution in [0.15, 0.2) is 29.8 Å². The molecule has 0 saturated heterocycles. The summed E-state index contributed by atoms with van der Waals surface area (Å²) in [5.41, 5.74) is 2.43. The highest BCUT2D eigenvalue weighted by Gasteiger charge is 2.36. The summed E-state index contributed by atoms with van der Waals surface area (Å²) in [4.78, 5) is 20.4. The van der Waals surface area contributed by atoms with Gasteiger partial charge >= 0.3 is 0 Å². The number of nitrogens with zero attached hydrogens (tertiary/aromatic N) is 4. The molecule has 5 nitrogen and oxygen atoms in total. The van der Waals surface area contributed by atoms with Crippen LogP contribution in [-0.2, 0) is 6.42 Å². The zero-order valence-electron chi connectivity index (χ0n) is 12.5. The van der Waals surface area contributed by atoms with E-state index in [2.05, 4.69) is 11.1 Å². The molecule has 0 spiro atoms. The number of amides is 1. The van der Waals surface area contributed by atoms with Gasteiger partial charge in [-0.05, 0) is 18.2 Å². The zero-order chi connectivity index (χ0) is 15.7. The number of fused-ring (bicyclic) bond motifs is 1. The van der Waals surface area contributed by atoms with Crippen molar-refractivity contribution in [3.05, 3.63) is 45.9 Å². The average Bonchev–Trinajstić information content (AvgIpc) is 3.11. The predicted molar refractivity (Wildman–Crippen MR) is 86.0 cm³/mol. The molecule has 0 fully saturated rings. The number of hydrogen-bond donors (Lipinski definition) is 0. The number of anilines is 1. The molecule has 0 saturated carbocycles. The molecular weight excluding hydrogens is 296 g/mol. The average molecular weight is 312 g/mol. The Morgan fingerprint density at radius 2 is 2.27 bits per heavy atom. The van der Waals surface area contributed by atoms with Gasteiger partial charge in [0.1, 0.15) is 6.04 Å². The van der Waals surface area contributed by atoms with Gasteiger partial charge in [-0.15, -0.1) is 11.3 Å². The lowest BCUT2D eigenvalue weighted by molar-refractivity contribution is 0.0759. The van der Waals surface area contributed by atoms with Crippen molar-refractivity contribution in [2.45, 2.75) is 12.5 Å². The molecule has 2 aromatic rings. The highest BCUT2D eigenvalue weighted by Crippen LogP contribution is 2.35. The number of hydrogen-bond acceptors (Lipinski definition) is 5. The topological polar surface area (TPSA) is 60.2 Å². The van der Waals surface area contributed by atoms with Gasteiger partial charge in [-0.1, -0.05) is 0 Å². The first-order valence-electron chi connectivity index (χ1n) is 7.02. The molecule has 1 aromatic heterocycles. The molecule has 22 heavy (non-hydrogen) atoms. The third-order valence-electron chi connectivity index (χ3n) is 3.82. The fraction of sp³-hybridized carbons (Fsp3) is 0.312. The highest BCUT2D eigenvalue weighted by molar-refractivity contribution is 7.09. The van der Waals surface area contributed by atoms with Gasteiger partial charge in [0, 0.05) is 55.5 Å². The van der Waals surface area contributed by atoms with Gasteiger partial charge in [0.2, 0.25) is 0 Å². The maximum atomic E-state index is 12.6. The lowest BCUT2D eigenvalue weighted by Crippen LogP contribution is -2.29. The largest absolute Gasteiger partial charge is 0.378 e. The predicted octanol–water partition coefficient (Wildman–Crippen LogP) is 2.47. The van der Waals surface area contributed by atoms with Crippen molar-refractivity contribution in [2.75, 3.05) is 25.5 Å². The van der Waals surface area contributed by atoms with Gasteiger partial charge in [-0.3, -0.25) is 4.79 Å². The molecule has 1 aliphatic rings. The molecular formula is C16H16N4OS. The first kappa shape index (κ1) is 14.5. The van der Waals surface area contributed by atoms with Gasteiger partial charge < -0.3 is 9.80 Å². The van der Waals surface area contributed by atoms with Crippen LogP contribution >= 0.6 is 11.3 Å². The van der Waals surface area contributed by atoms with Crippen LogP contribution in [0.5, 0.6) is 0 Å². The first-order valence-corrected chi connectivity index (χ1v) is 7.90. The minimum absolute atomic E-state index is 0.0663. The van der Waals surface area contributed by atoms with E-state index < -0.39 is 6.04 Å². The third kappa shape index (κ3) is 2.44. The number of thiazole rings is 1. The van der Waals surface area contributed by atoms with E-state index in [0.717, 1.165) is 16.3 Å². The van der Waals surface area contributed by atoms with Crippen molar-refractivity contribution in [1.29, 1.82) is 5.26 Å². The molecule has 1 amide bonds. The molecule has 0 aliphatic carbocycles. The van der Waals surface area contributed by atoms with Crippen molar-refractivity contribution in [1.82, 2.24) is 9.88 Å². The van der Waals surface area contributed by atoms with Crippen molar-refractivity contribution in [3.63, 3.8) is 0 Å². The monoisotopic (exact) mass is 312 g/mol. The maximum absolute atomic E-state index is 12.6. The Bertz CT molecular complexity index is 733. The lowest BCUT2D eigenvalue weighted by atomic mass is 10.0. The Morgan fingerprint density at radius 3 is 2.91 bits per heavy atom. The van der Waals surface area contributed by atoms with Crippen LogP contribution in [0.3, 0.4) is 0 Å². The fourth-order valence-electron chi connectivity index (χ4n) is 2.65. The molecule has 1 aromatic carbocycles. The summed E-state index contributed by atoms with van der Waals surface area (Å²) in [6.07, 6.45) is 2.43. The van der Waals surface area contributed by atoms with Crippen LogP contribution < -0.4 is 4.90 Å². The summed E-state index contributed by atoms with van der Waals surface area (Å²) >= 11 is 1.57. The van der Waals surface area contributed by atoms with E-state index >= 15 is 0 Å². The Balaban J connectivity index is 1.87. The SMILES string of the molecule is CN(C)c1ccc2c(c1)C(C#N)N(CCc1nccs1)C2=O. The Kier molecular flexibility index (Phi) is 3.82. The Morgan fingerprint density at radius 1 is 1.45 bits per heavy atom. The second-order valence-electron chi connectivity index (χ2n) is 5.37. The summed E-state index contributed by atoms with van der Waals surface area (Å²) in [6.45, 7) is 0.510. The highest BCUT2D eigenvalue weighted by atomic mass is 32.1. The van der Waals surface area contributed by atoms with E-state index in [9.17, 15) is 10.1 Å². The molecule has 1 aliphatic heterocycles. The quantitative estimate of drug-likeness (QED) is 0.870. The van der Waals surface area contributed by atoms with Crippen molar-refractivity contribution in [2.24, 2.45) is 0 Å². The van der Waals surface area contributed by atoms with Crippen molar-refractivity contribution in [3.8, 4) is 6.07 Å². The fourth-order valence-corrected chi connectivity index (χ4v) is 3.26. The summed E-state index contributed by atoms with van der Waals surface area (Å²) < 4.78 is 0. The molecule has 112 valence electrons. The minimum atomic E-state index is -0.512. The lowest BCUT2D eigenvalue weighted by Gasteiger charge is -2.19. The first-order chi connectivity index (χ1) is 10.6. The van der Waals surface area contributed by atoms with Gasteiger partial charge in [-0.25, -0.2) is 4.98 Å². The smallest absolute Gasteiger partial charge is 0.255 e. The van der Waals surface area contributed by atoms with Crippen LogP contribution in [0.25, 0.3) is 0 Å². The molecule has 1 unspecified atom stereocenters. The van der Waals surface area contributed by atoms with Crippen LogP contribution in [0.2, 0.25) is 0 Å². The van der Waals surface area contributed by atoms with Gasteiger partial charge in [-0.2, -0.15) is 5.26 Å². The van der Waals surface area contributed by atoms with Gasteiger partial charge in [0.15, 0.2) is 0 Å². The molecule has 0 N–H and O–H groups in total. The molecule has 2 heterocycles. The van der Waals surface area contributed by atoms with Crippen LogP contribution in [0.1, 0.15) is 27.0 Å².